The van der Waals surface area contributed by atoms with Gasteiger partial charge in [-0.1, -0.05) is 0 Å². The van der Waals surface area contributed by atoms with Crippen LogP contribution in [0.4, 0.5) is 17.3 Å². The van der Waals surface area contributed by atoms with E-state index in [1.165, 1.54) is 13.4 Å². The van der Waals surface area contributed by atoms with Gasteiger partial charge in [0.05, 0.1) is 34.8 Å². The maximum absolute atomic E-state index is 11.0. The third-order valence-electron chi connectivity index (χ3n) is 2.64. The molecule has 0 fully saturated rings. The molecule has 23 heavy (non-hydrogen) atoms. The molecule has 3 N–H and O–H groups in total. The number of rotatable bonds is 6. The zero-order chi connectivity index (χ0) is 17.0. The number of methoxy groups -OCH3 is 1. The van der Waals surface area contributed by atoms with Crippen molar-refractivity contribution < 1.29 is 14.6 Å². The number of ether oxygens (including phenoxy) is 1. The minimum atomic E-state index is -0.785. The van der Waals surface area contributed by atoms with Gasteiger partial charge in [0.25, 0.3) is 11.6 Å². The summed E-state index contributed by atoms with van der Waals surface area (Å²) in [5.74, 6) is 5.39. The van der Waals surface area contributed by atoms with Crippen LogP contribution in [0.3, 0.4) is 0 Å². The molecule has 13 heteroatoms. The second-order valence-electron chi connectivity index (χ2n) is 4.03. The molecular formula is C10H10N8O5. The van der Waals surface area contributed by atoms with Crippen molar-refractivity contribution in [1.82, 2.24) is 14.9 Å². The van der Waals surface area contributed by atoms with Crippen molar-refractivity contribution in [3.63, 3.8) is 0 Å². The molecule has 2 rings (SSSR count). The number of hydrogen-bond acceptors (Lipinski definition) is 10. The Balaban J connectivity index is 2.41. The van der Waals surface area contributed by atoms with Crippen molar-refractivity contribution in [3.8, 4) is 5.75 Å². The summed E-state index contributed by atoms with van der Waals surface area (Å²) in [7, 11) is 1.20. The second-order valence-corrected chi connectivity index (χ2v) is 4.03. The lowest BCUT2D eigenvalue weighted by Gasteiger charge is -2.05. The van der Waals surface area contributed by atoms with Gasteiger partial charge in [-0.15, -0.1) is 10.2 Å². The molecule has 0 aliphatic heterocycles. The first-order valence-electron chi connectivity index (χ1n) is 5.89. The molecule has 0 radical (unpaired) electrons. The van der Waals surface area contributed by atoms with Gasteiger partial charge in [0, 0.05) is 6.07 Å². The van der Waals surface area contributed by atoms with E-state index in [0.29, 0.717) is 0 Å². The number of nitrogens with one attached hydrogen (secondary N) is 1. The van der Waals surface area contributed by atoms with Gasteiger partial charge in [-0.3, -0.25) is 20.2 Å². The monoisotopic (exact) mass is 322 g/mol. The molecule has 1 aromatic carbocycles. The van der Waals surface area contributed by atoms with Gasteiger partial charge in [0.1, 0.15) is 6.33 Å². The van der Waals surface area contributed by atoms with E-state index in [0.717, 1.165) is 23.0 Å². The first-order valence-corrected chi connectivity index (χ1v) is 5.89. The number of nitrogens with zero attached hydrogens (tertiary/aromatic N) is 6. The Hall–Kier alpha value is -3.77. The fraction of sp³-hybridized carbons (Fsp3) is 0.100. The van der Waals surface area contributed by atoms with Gasteiger partial charge >= 0.3 is 5.69 Å². The van der Waals surface area contributed by atoms with Crippen molar-refractivity contribution in [2.45, 2.75) is 0 Å². The van der Waals surface area contributed by atoms with E-state index < -0.39 is 21.2 Å². The molecule has 0 aliphatic rings. The molecule has 0 bridgehead atoms. The fourth-order valence-electron chi connectivity index (χ4n) is 1.66. The number of aromatic nitrogens is 3. The molecule has 0 saturated carbocycles. The first kappa shape index (κ1) is 15.6. The number of hydrogen-bond donors (Lipinski definition) is 2. The van der Waals surface area contributed by atoms with Gasteiger partial charge in [-0.2, -0.15) is 5.10 Å². The van der Waals surface area contributed by atoms with Crippen LogP contribution in [0.2, 0.25) is 0 Å². The van der Waals surface area contributed by atoms with E-state index in [1.54, 1.807) is 0 Å². The summed E-state index contributed by atoms with van der Waals surface area (Å²) in [4.78, 5) is 20.4. The Morgan fingerprint density at radius 3 is 2.65 bits per heavy atom. The normalized spacial score (nSPS) is 10.7. The maximum Gasteiger partial charge on any atom is 0.318 e. The number of hydrazone groups is 1. The molecule has 0 unspecified atom stereocenters. The summed E-state index contributed by atoms with van der Waals surface area (Å²) < 4.78 is 5.99. The lowest BCUT2D eigenvalue weighted by atomic mass is 10.1. The predicted octanol–water partition coefficient (Wildman–Crippen LogP) is 0.263. The Kier molecular flexibility index (Phi) is 4.30. The number of nitro benzene ring substituents is 2. The van der Waals surface area contributed by atoms with Crippen molar-refractivity contribution in [2.24, 2.45) is 5.10 Å². The van der Waals surface area contributed by atoms with Crippen LogP contribution >= 0.6 is 0 Å². The van der Waals surface area contributed by atoms with Crippen LogP contribution < -0.4 is 16.0 Å². The highest BCUT2D eigenvalue weighted by Crippen LogP contribution is 2.34. The van der Waals surface area contributed by atoms with Crippen LogP contribution in [-0.4, -0.2) is 38.0 Å². The fourth-order valence-corrected chi connectivity index (χ4v) is 1.66. The Labute approximate surface area is 127 Å². The van der Waals surface area contributed by atoms with Gasteiger partial charge in [-0.25, -0.2) is 10.1 Å². The van der Waals surface area contributed by atoms with E-state index in [4.69, 9.17) is 10.6 Å². The standard InChI is InChI=1S/C10H10N8O5/c1-23-9-6(4-12-14-10-15-13-5-16(10)11)2-7(17(19)20)3-8(9)18(21)22/h2-5H,11H2,1H3,(H,14,15)/b12-4-. The molecule has 0 saturated heterocycles. The number of nitrogen functional groups attached to an aromatic ring is 1. The van der Waals surface area contributed by atoms with Crippen molar-refractivity contribution in [1.29, 1.82) is 0 Å². The third kappa shape index (κ3) is 3.29. The maximum atomic E-state index is 11.0. The highest BCUT2D eigenvalue weighted by molar-refractivity contribution is 5.87. The van der Waals surface area contributed by atoms with Crippen LogP contribution in [0, 0.1) is 20.2 Å². The van der Waals surface area contributed by atoms with E-state index >= 15 is 0 Å². The topological polar surface area (TPSA) is 177 Å². The number of nitro groups is 2. The van der Waals surface area contributed by atoms with E-state index in [9.17, 15) is 20.2 Å². The number of nitrogens with two attached hydrogens (primary N) is 1. The molecular weight excluding hydrogens is 312 g/mol. The number of anilines is 1. The molecule has 0 atom stereocenters. The lowest BCUT2D eigenvalue weighted by Crippen LogP contribution is -2.10. The molecule has 0 aliphatic carbocycles. The highest BCUT2D eigenvalue weighted by atomic mass is 16.6. The lowest BCUT2D eigenvalue weighted by molar-refractivity contribution is -0.394. The molecule has 1 heterocycles. The van der Waals surface area contributed by atoms with Crippen LogP contribution in [0.5, 0.6) is 5.75 Å². The van der Waals surface area contributed by atoms with Gasteiger partial charge in [0.15, 0.2) is 0 Å². The van der Waals surface area contributed by atoms with E-state index in [-0.39, 0.29) is 17.3 Å². The van der Waals surface area contributed by atoms with Crippen LogP contribution in [0.1, 0.15) is 5.56 Å². The summed E-state index contributed by atoms with van der Waals surface area (Å²) in [5.41, 5.74) is 1.44. The summed E-state index contributed by atoms with van der Waals surface area (Å²) in [6.45, 7) is 0. The minimum absolute atomic E-state index is 0.0315. The largest absolute Gasteiger partial charge is 0.490 e. The minimum Gasteiger partial charge on any atom is -0.490 e. The summed E-state index contributed by atoms with van der Waals surface area (Å²) in [5, 5.41) is 32.7. The quantitative estimate of drug-likeness (QED) is 0.326. The number of benzene rings is 1. The van der Waals surface area contributed by atoms with Crippen molar-refractivity contribution >= 4 is 23.5 Å². The van der Waals surface area contributed by atoms with Gasteiger partial charge in [-0.05, 0) is 0 Å². The summed E-state index contributed by atoms with van der Waals surface area (Å²) in [6.07, 6.45) is 2.32. The average molecular weight is 322 g/mol. The molecule has 0 amide bonds. The molecule has 120 valence electrons. The smallest absolute Gasteiger partial charge is 0.318 e. The van der Waals surface area contributed by atoms with E-state index in [1.807, 2.05) is 0 Å². The first-order chi connectivity index (χ1) is 10.9. The van der Waals surface area contributed by atoms with E-state index in [2.05, 4.69) is 20.7 Å². The van der Waals surface area contributed by atoms with Crippen molar-refractivity contribution in [2.75, 3.05) is 18.4 Å². The average Bonchev–Trinajstić information content (AvgIpc) is 2.91. The van der Waals surface area contributed by atoms with Crippen molar-refractivity contribution in [3.05, 3.63) is 44.3 Å². The zero-order valence-electron chi connectivity index (χ0n) is 11.6. The van der Waals surface area contributed by atoms with Crippen LogP contribution in [0.25, 0.3) is 0 Å². The van der Waals surface area contributed by atoms with Gasteiger partial charge in [0.2, 0.25) is 5.75 Å². The third-order valence-corrected chi connectivity index (χ3v) is 2.64. The SMILES string of the molecule is COc1c(/C=N\Nc2nncn2N)cc([N+](=O)[O-])cc1[N+](=O)[O-]. The predicted molar refractivity (Wildman–Crippen MR) is 77.7 cm³/mol. The Bertz CT molecular complexity index is 786. The van der Waals surface area contributed by atoms with Gasteiger partial charge < -0.3 is 10.6 Å². The Morgan fingerprint density at radius 1 is 1.39 bits per heavy atom. The second kappa shape index (κ2) is 6.33. The zero-order valence-corrected chi connectivity index (χ0v) is 11.6. The number of non-ortho nitro benzene ring substituents is 1. The molecule has 0 spiro atoms. The molecule has 1 aromatic heterocycles. The summed E-state index contributed by atoms with van der Waals surface area (Å²) >= 11 is 0. The Morgan fingerprint density at radius 2 is 2.13 bits per heavy atom. The summed E-state index contributed by atoms with van der Waals surface area (Å²) in [6, 6.07) is 1.89. The molecule has 2 aromatic rings. The highest BCUT2D eigenvalue weighted by Gasteiger charge is 2.24. The van der Waals surface area contributed by atoms with Crippen LogP contribution in [-0.2, 0) is 0 Å². The molecule has 13 nitrogen and oxygen atoms in total. The van der Waals surface area contributed by atoms with Crippen LogP contribution in [0.15, 0.2) is 23.6 Å².